The first kappa shape index (κ1) is 10.4. The Hall–Kier alpha value is -1.72. The maximum Gasteiger partial charge on any atom is 0.0636 e. The van der Waals surface area contributed by atoms with Gasteiger partial charge in [-0.2, -0.15) is 0 Å². The second-order valence-corrected chi connectivity index (χ2v) is 2.73. The molecule has 2 heteroatoms. The van der Waals surface area contributed by atoms with Crippen molar-refractivity contribution in [1.82, 2.24) is 5.48 Å². The van der Waals surface area contributed by atoms with E-state index in [2.05, 4.69) is 11.4 Å². The van der Waals surface area contributed by atoms with Gasteiger partial charge in [-0.3, -0.25) is 10.3 Å². The van der Waals surface area contributed by atoms with Gasteiger partial charge < -0.3 is 0 Å². The fraction of sp³-hybridized carbons (Fsp3) is 0.167. The third-order valence-corrected chi connectivity index (χ3v) is 1.86. The first-order chi connectivity index (χ1) is 6.81. The van der Waals surface area contributed by atoms with E-state index >= 15 is 0 Å². The van der Waals surface area contributed by atoms with E-state index in [1.54, 1.807) is 7.11 Å². The van der Waals surface area contributed by atoms with Crippen LogP contribution in [0.3, 0.4) is 0 Å². The van der Waals surface area contributed by atoms with E-state index in [0.717, 1.165) is 16.8 Å². The molecular formula is C12H13NO. The molecule has 1 rings (SSSR count). The molecule has 1 aromatic carbocycles. The van der Waals surface area contributed by atoms with Crippen LogP contribution in [0.25, 0.3) is 5.70 Å². The molecule has 0 saturated carbocycles. The highest BCUT2D eigenvalue weighted by Crippen LogP contribution is 2.12. The third kappa shape index (κ3) is 2.38. The molecule has 0 aliphatic heterocycles. The second kappa shape index (κ2) is 5.11. The SMILES string of the molecule is C#Cc1ccc(C(=CC)NOC)cc1. The van der Waals surface area contributed by atoms with Crippen LogP contribution in [0.15, 0.2) is 30.3 Å². The van der Waals surface area contributed by atoms with Crippen LogP contribution in [0.4, 0.5) is 0 Å². The molecule has 0 bridgehead atoms. The number of terminal acetylenes is 1. The molecule has 1 N–H and O–H groups in total. The van der Waals surface area contributed by atoms with E-state index in [-0.39, 0.29) is 0 Å². The van der Waals surface area contributed by atoms with Gasteiger partial charge in [0.25, 0.3) is 0 Å². The molecule has 0 spiro atoms. The van der Waals surface area contributed by atoms with Crippen molar-refractivity contribution in [3.8, 4) is 12.3 Å². The molecule has 0 unspecified atom stereocenters. The van der Waals surface area contributed by atoms with Crippen LogP contribution in [0.2, 0.25) is 0 Å². The topological polar surface area (TPSA) is 21.3 Å². The molecule has 0 saturated heterocycles. The van der Waals surface area contributed by atoms with Gasteiger partial charge in [-0.05, 0) is 24.6 Å². The van der Waals surface area contributed by atoms with Crippen LogP contribution in [0.5, 0.6) is 0 Å². The van der Waals surface area contributed by atoms with Gasteiger partial charge >= 0.3 is 0 Å². The van der Waals surface area contributed by atoms with Gasteiger partial charge in [-0.15, -0.1) is 6.42 Å². The van der Waals surface area contributed by atoms with E-state index in [9.17, 15) is 0 Å². The minimum absolute atomic E-state index is 0.876. The Morgan fingerprint density at radius 2 is 2.07 bits per heavy atom. The van der Waals surface area contributed by atoms with E-state index in [1.807, 2.05) is 37.3 Å². The highest BCUT2D eigenvalue weighted by atomic mass is 16.6. The van der Waals surface area contributed by atoms with E-state index in [0.29, 0.717) is 0 Å². The second-order valence-electron chi connectivity index (χ2n) is 2.73. The lowest BCUT2D eigenvalue weighted by Gasteiger charge is -2.07. The fourth-order valence-electron chi connectivity index (χ4n) is 1.14. The number of nitrogens with one attached hydrogen (secondary N) is 1. The van der Waals surface area contributed by atoms with Crippen LogP contribution >= 0.6 is 0 Å². The van der Waals surface area contributed by atoms with Gasteiger partial charge in [0.15, 0.2) is 0 Å². The lowest BCUT2D eigenvalue weighted by molar-refractivity contribution is 0.136. The van der Waals surface area contributed by atoms with E-state index in [4.69, 9.17) is 11.3 Å². The maximum atomic E-state index is 5.26. The standard InChI is InChI=1S/C12H13NO/c1-4-10-6-8-11(9-7-10)12(5-2)13-14-3/h1,5-9,13H,2-3H3. The minimum atomic E-state index is 0.876. The van der Waals surface area contributed by atoms with Crippen molar-refractivity contribution >= 4 is 5.70 Å². The predicted molar refractivity (Wildman–Crippen MR) is 58.2 cm³/mol. The number of rotatable bonds is 3. The van der Waals surface area contributed by atoms with Crippen molar-refractivity contribution in [2.45, 2.75) is 6.92 Å². The van der Waals surface area contributed by atoms with Crippen molar-refractivity contribution in [2.75, 3.05) is 7.11 Å². The zero-order valence-electron chi connectivity index (χ0n) is 8.37. The van der Waals surface area contributed by atoms with Crippen LogP contribution < -0.4 is 5.48 Å². The number of hydroxylamine groups is 1. The molecule has 0 aromatic heterocycles. The van der Waals surface area contributed by atoms with Crippen molar-refractivity contribution in [3.63, 3.8) is 0 Å². The number of allylic oxidation sites excluding steroid dienone is 1. The lowest BCUT2D eigenvalue weighted by atomic mass is 10.1. The molecule has 0 aliphatic carbocycles. The smallest absolute Gasteiger partial charge is 0.0636 e. The number of benzene rings is 1. The fourth-order valence-corrected chi connectivity index (χ4v) is 1.14. The summed E-state index contributed by atoms with van der Waals surface area (Å²) < 4.78 is 0. The summed E-state index contributed by atoms with van der Waals surface area (Å²) in [7, 11) is 1.58. The largest absolute Gasteiger partial charge is 0.279 e. The van der Waals surface area contributed by atoms with Gasteiger partial charge in [0.05, 0.1) is 12.8 Å². The van der Waals surface area contributed by atoms with Gasteiger partial charge in [0, 0.05) is 5.56 Å². The summed E-state index contributed by atoms with van der Waals surface area (Å²) in [4.78, 5) is 4.85. The Bertz CT molecular complexity index is 357. The van der Waals surface area contributed by atoms with Crippen LogP contribution in [0, 0.1) is 12.3 Å². The lowest BCUT2D eigenvalue weighted by Crippen LogP contribution is -2.09. The normalized spacial score (nSPS) is 10.8. The zero-order valence-corrected chi connectivity index (χ0v) is 8.37. The average molecular weight is 187 g/mol. The minimum Gasteiger partial charge on any atom is -0.279 e. The van der Waals surface area contributed by atoms with Crippen molar-refractivity contribution in [2.24, 2.45) is 0 Å². The summed E-state index contributed by atoms with van der Waals surface area (Å²) in [6.07, 6.45) is 7.20. The van der Waals surface area contributed by atoms with Crippen molar-refractivity contribution in [1.29, 1.82) is 0 Å². The molecule has 0 fully saturated rings. The zero-order chi connectivity index (χ0) is 10.4. The average Bonchev–Trinajstić information content (AvgIpc) is 2.26. The molecule has 0 amide bonds. The molecule has 0 aliphatic rings. The van der Waals surface area contributed by atoms with Gasteiger partial charge in [0.2, 0.25) is 0 Å². The van der Waals surface area contributed by atoms with Crippen molar-refractivity contribution in [3.05, 3.63) is 41.5 Å². The summed E-state index contributed by atoms with van der Waals surface area (Å²) in [6, 6.07) is 7.71. The van der Waals surface area contributed by atoms with Gasteiger partial charge in [-0.1, -0.05) is 24.1 Å². The molecule has 14 heavy (non-hydrogen) atoms. The molecule has 72 valence electrons. The van der Waals surface area contributed by atoms with Crippen LogP contribution in [-0.4, -0.2) is 7.11 Å². The third-order valence-electron chi connectivity index (χ3n) is 1.86. The summed E-state index contributed by atoms with van der Waals surface area (Å²) in [5.41, 5.74) is 5.65. The summed E-state index contributed by atoms with van der Waals surface area (Å²) >= 11 is 0. The van der Waals surface area contributed by atoms with E-state index in [1.165, 1.54) is 0 Å². The molecule has 0 atom stereocenters. The summed E-state index contributed by atoms with van der Waals surface area (Å²) in [5, 5.41) is 0. The Morgan fingerprint density at radius 3 is 2.50 bits per heavy atom. The monoisotopic (exact) mass is 187 g/mol. The molecule has 0 radical (unpaired) electrons. The Balaban J connectivity index is 2.91. The summed E-state index contributed by atoms with van der Waals surface area (Å²) in [5.74, 6) is 2.57. The maximum absolute atomic E-state index is 5.26. The number of hydrogen-bond acceptors (Lipinski definition) is 2. The van der Waals surface area contributed by atoms with Crippen LogP contribution in [-0.2, 0) is 4.84 Å². The predicted octanol–water partition coefficient (Wildman–Crippen LogP) is 2.18. The van der Waals surface area contributed by atoms with E-state index < -0.39 is 0 Å². The quantitative estimate of drug-likeness (QED) is 0.578. The highest BCUT2D eigenvalue weighted by Gasteiger charge is 1.98. The van der Waals surface area contributed by atoms with Gasteiger partial charge in [-0.25, -0.2) is 0 Å². The Morgan fingerprint density at radius 1 is 1.43 bits per heavy atom. The van der Waals surface area contributed by atoms with Crippen molar-refractivity contribution < 1.29 is 4.84 Å². The molecule has 0 heterocycles. The first-order valence-electron chi connectivity index (χ1n) is 4.34. The summed E-state index contributed by atoms with van der Waals surface area (Å²) in [6.45, 7) is 1.94. The highest BCUT2D eigenvalue weighted by molar-refractivity contribution is 5.63. The Labute approximate surface area is 84.5 Å². The number of hydrogen-bond donors (Lipinski definition) is 1. The first-order valence-corrected chi connectivity index (χ1v) is 4.34. The van der Waals surface area contributed by atoms with Crippen LogP contribution in [0.1, 0.15) is 18.1 Å². The molecule has 1 aromatic rings. The Kier molecular flexibility index (Phi) is 3.78. The molecular weight excluding hydrogens is 174 g/mol. The van der Waals surface area contributed by atoms with Gasteiger partial charge in [0.1, 0.15) is 0 Å². The molecule has 2 nitrogen and oxygen atoms in total.